The van der Waals surface area contributed by atoms with Gasteiger partial charge in [-0.3, -0.25) is 9.69 Å². The molecule has 0 aliphatic carbocycles. The van der Waals surface area contributed by atoms with Gasteiger partial charge in [0.1, 0.15) is 9.57 Å². The van der Waals surface area contributed by atoms with Crippen molar-refractivity contribution in [2.45, 2.75) is 33.2 Å². The van der Waals surface area contributed by atoms with E-state index in [1.165, 1.54) is 10.4 Å². The molecule has 1 aliphatic rings. The number of carbonyl (C=O) groups excluding carboxylic acids is 1. The molecular formula is C19H24N2O2S3. The number of hydrogen-bond acceptors (Lipinski definition) is 6. The van der Waals surface area contributed by atoms with Crippen LogP contribution in [0.15, 0.2) is 18.2 Å². The average Bonchev–Trinajstić information content (AvgIpc) is 3.04. The van der Waals surface area contributed by atoms with Crippen molar-refractivity contribution in [3.05, 3.63) is 33.1 Å². The van der Waals surface area contributed by atoms with Gasteiger partial charge in [-0.05, 0) is 35.7 Å². The van der Waals surface area contributed by atoms with Gasteiger partial charge >= 0.3 is 0 Å². The summed E-state index contributed by atoms with van der Waals surface area (Å²) in [4.78, 5) is 17.3. The highest BCUT2D eigenvalue weighted by Gasteiger charge is 2.21. The first-order valence-corrected chi connectivity index (χ1v) is 11.5. The van der Waals surface area contributed by atoms with Crippen LogP contribution in [0.3, 0.4) is 0 Å². The Morgan fingerprint density at radius 1 is 1.19 bits per heavy atom. The Morgan fingerprint density at radius 3 is 2.58 bits per heavy atom. The van der Waals surface area contributed by atoms with Gasteiger partial charge in [0.25, 0.3) is 0 Å². The van der Waals surface area contributed by atoms with Crippen LogP contribution in [0.5, 0.6) is 5.75 Å². The van der Waals surface area contributed by atoms with Gasteiger partial charge in [-0.15, -0.1) is 0 Å². The summed E-state index contributed by atoms with van der Waals surface area (Å²) in [5.74, 6) is 0.554. The van der Waals surface area contributed by atoms with Crippen molar-refractivity contribution in [1.82, 2.24) is 9.80 Å². The van der Waals surface area contributed by atoms with Crippen LogP contribution in [0.4, 0.5) is 0 Å². The Morgan fingerprint density at radius 2 is 1.92 bits per heavy atom. The second-order valence-electron chi connectivity index (χ2n) is 6.47. The second-order valence-corrected chi connectivity index (χ2v) is 9.29. The molecule has 3 rings (SSSR count). The number of phenolic OH excluding ortho intramolecular Hbond substituents is 1. The van der Waals surface area contributed by atoms with E-state index in [1.807, 2.05) is 17.9 Å². The molecule has 1 saturated heterocycles. The zero-order chi connectivity index (χ0) is 18.7. The lowest BCUT2D eigenvalue weighted by Crippen LogP contribution is -2.48. The van der Waals surface area contributed by atoms with Crippen molar-refractivity contribution in [2.24, 2.45) is 0 Å². The van der Waals surface area contributed by atoms with Crippen molar-refractivity contribution in [2.75, 3.05) is 26.2 Å². The van der Waals surface area contributed by atoms with E-state index >= 15 is 0 Å². The van der Waals surface area contributed by atoms with Crippen molar-refractivity contribution >= 4 is 38.8 Å². The number of rotatable bonds is 5. The van der Waals surface area contributed by atoms with Gasteiger partial charge in [-0.1, -0.05) is 46.7 Å². The third kappa shape index (κ3) is 4.17. The molecule has 0 atom stereocenters. The van der Waals surface area contributed by atoms with E-state index in [1.54, 1.807) is 26.7 Å². The lowest BCUT2D eigenvalue weighted by atomic mass is 10.0. The van der Waals surface area contributed by atoms with E-state index in [4.69, 9.17) is 12.2 Å². The minimum absolute atomic E-state index is 0.222. The molecule has 140 valence electrons. The molecule has 4 nitrogen and oxygen atoms in total. The molecule has 1 amide bonds. The molecule has 0 bridgehead atoms. The van der Waals surface area contributed by atoms with Crippen LogP contribution in [-0.2, 0) is 17.8 Å². The zero-order valence-corrected chi connectivity index (χ0v) is 17.6. The predicted octanol–water partition coefficient (Wildman–Crippen LogP) is 4.53. The number of benzene rings is 1. The molecule has 2 heterocycles. The molecular weight excluding hydrogens is 384 g/mol. The normalized spacial score (nSPS) is 15.4. The smallest absolute Gasteiger partial charge is 0.222 e. The van der Waals surface area contributed by atoms with Crippen LogP contribution < -0.4 is 0 Å². The summed E-state index contributed by atoms with van der Waals surface area (Å²) < 4.78 is 0.971. The highest BCUT2D eigenvalue weighted by molar-refractivity contribution is 7.80. The van der Waals surface area contributed by atoms with Crippen LogP contribution in [0, 0.1) is 3.82 Å². The Balaban J connectivity index is 1.75. The molecule has 1 aromatic carbocycles. The minimum Gasteiger partial charge on any atom is -0.508 e. The van der Waals surface area contributed by atoms with E-state index in [9.17, 15) is 9.90 Å². The van der Waals surface area contributed by atoms with Gasteiger partial charge in [0.05, 0.1) is 4.88 Å². The fraction of sp³-hybridized carbons (Fsp3) is 0.474. The number of piperazine rings is 1. The zero-order valence-electron chi connectivity index (χ0n) is 15.2. The van der Waals surface area contributed by atoms with Crippen molar-refractivity contribution < 1.29 is 9.90 Å². The number of amides is 1. The maximum absolute atomic E-state index is 11.8. The van der Waals surface area contributed by atoms with Crippen LogP contribution >= 0.6 is 32.9 Å². The Bertz CT molecular complexity index is 836. The maximum atomic E-state index is 11.8. The van der Waals surface area contributed by atoms with Crippen molar-refractivity contribution in [1.29, 1.82) is 0 Å². The lowest BCUT2D eigenvalue weighted by molar-refractivity contribution is -0.132. The average molecular weight is 409 g/mol. The molecule has 0 unspecified atom stereocenters. The third-order valence-electron chi connectivity index (χ3n) is 4.84. The van der Waals surface area contributed by atoms with Gasteiger partial charge in [0.2, 0.25) is 5.91 Å². The van der Waals surface area contributed by atoms with E-state index in [-0.39, 0.29) is 5.91 Å². The first kappa shape index (κ1) is 19.5. The number of aromatic hydroxyl groups is 1. The molecule has 7 heteroatoms. The molecule has 2 aromatic rings. The molecule has 1 aliphatic heterocycles. The summed E-state index contributed by atoms with van der Waals surface area (Å²) in [5, 5.41) is 10.3. The van der Waals surface area contributed by atoms with Gasteiger partial charge in [-0.2, -0.15) is 0 Å². The summed E-state index contributed by atoms with van der Waals surface area (Å²) in [6, 6.07) is 5.85. The molecule has 0 saturated carbocycles. The maximum Gasteiger partial charge on any atom is 0.222 e. The number of nitrogens with zero attached hydrogens (tertiary/aromatic N) is 2. The van der Waals surface area contributed by atoms with Crippen LogP contribution in [-0.4, -0.2) is 47.0 Å². The van der Waals surface area contributed by atoms with E-state index in [0.717, 1.165) is 47.6 Å². The molecule has 1 N–H and O–H groups in total. The van der Waals surface area contributed by atoms with Crippen LogP contribution in [0.2, 0.25) is 0 Å². The summed E-state index contributed by atoms with van der Waals surface area (Å²) in [6.45, 7) is 7.94. The fourth-order valence-corrected chi connectivity index (χ4v) is 6.40. The van der Waals surface area contributed by atoms with Gasteiger partial charge in [0, 0.05) is 44.7 Å². The summed E-state index contributed by atoms with van der Waals surface area (Å²) in [7, 11) is 3.37. The molecule has 0 radical (unpaired) electrons. The highest BCUT2D eigenvalue weighted by atomic mass is 32.9. The summed E-state index contributed by atoms with van der Waals surface area (Å²) in [6.07, 6.45) is 1.49. The van der Waals surface area contributed by atoms with E-state index < -0.39 is 0 Å². The molecule has 1 fully saturated rings. The second kappa shape index (κ2) is 8.61. The highest BCUT2D eigenvalue weighted by Crippen LogP contribution is 2.37. The monoisotopic (exact) mass is 408 g/mol. The molecule has 0 spiro atoms. The predicted molar refractivity (Wildman–Crippen MR) is 112 cm³/mol. The largest absolute Gasteiger partial charge is 0.508 e. The fourth-order valence-electron chi connectivity index (χ4n) is 3.27. The SMILES string of the molecule is CCC(=O)N1CCN(Cc2cc(-c3ssc(=S)c3CC)ccc2O)CC1. The quantitative estimate of drug-likeness (QED) is 0.583. The summed E-state index contributed by atoms with van der Waals surface area (Å²) >= 11 is 5.44. The van der Waals surface area contributed by atoms with Gasteiger partial charge in [0.15, 0.2) is 0 Å². The molecule has 1 aromatic heterocycles. The standard InChI is InChI=1S/C19H24N2O2S3/c1-3-15-18(25-26-19(15)24)13-5-6-16(22)14(11-13)12-20-7-9-21(10-8-20)17(23)4-2/h5-6,11,22H,3-4,7-10,12H2,1-2H3. The minimum atomic E-state index is 0.222. The van der Waals surface area contributed by atoms with E-state index in [2.05, 4.69) is 17.9 Å². The molecule has 26 heavy (non-hydrogen) atoms. The first-order valence-electron chi connectivity index (χ1n) is 8.97. The van der Waals surface area contributed by atoms with Gasteiger partial charge in [-0.25, -0.2) is 0 Å². The van der Waals surface area contributed by atoms with Crippen molar-refractivity contribution in [3.63, 3.8) is 0 Å². The lowest BCUT2D eigenvalue weighted by Gasteiger charge is -2.34. The Hall–Kier alpha value is -1.28. The summed E-state index contributed by atoms with van der Waals surface area (Å²) in [5.41, 5.74) is 3.30. The third-order valence-corrected chi connectivity index (χ3v) is 8.03. The van der Waals surface area contributed by atoms with Gasteiger partial charge < -0.3 is 10.0 Å². The number of hydrogen-bond donors (Lipinski definition) is 1. The van der Waals surface area contributed by atoms with Crippen LogP contribution in [0.25, 0.3) is 10.4 Å². The van der Waals surface area contributed by atoms with Crippen molar-refractivity contribution in [3.8, 4) is 16.2 Å². The Kier molecular flexibility index (Phi) is 6.45. The number of phenols is 1. The Labute approximate surface area is 167 Å². The number of carbonyl (C=O) groups is 1. The topological polar surface area (TPSA) is 43.8 Å². The first-order chi connectivity index (χ1) is 12.5. The van der Waals surface area contributed by atoms with E-state index in [0.29, 0.717) is 18.7 Å². The van der Waals surface area contributed by atoms with Crippen LogP contribution in [0.1, 0.15) is 31.4 Å².